The van der Waals surface area contributed by atoms with Crippen LogP contribution in [-0.4, -0.2) is 57.3 Å². The molecule has 0 spiro atoms. The van der Waals surface area contributed by atoms with Gasteiger partial charge in [-0.3, -0.25) is 9.59 Å². The number of aryl methyl sites for hydroxylation is 1. The Bertz CT molecular complexity index is 1200. The van der Waals surface area contributed by atoms with Crippen molar-refractivity contribution in [2.24, 2.45) is 0 Å². The second kappa shape index (κ2) is 8.50. The number of hydrogen-bond donors (Lipinski definition) is 0. The van der Waals surface area contributed by atoms with Gasteiger partial charge in [-0.2, -0.15) is 0 Å². The van der Waals surface area contributed by atoms with Gasteiger partial charge < -0.3 is 14.4 Å². The Morgan fingerprint density at radius 2 is 1.79 bits per heavy atom. The van der Waals surface area contributed by atoms with E-state index in [2.05, 4.69) is 28.5 Å². The van der Waals surface area contributed by atoms with Crippen molar-refractivity contribution < 1.29 is 9.59 Å². The summed E-state index contributed by atoms with van der Waals surface area (Å²) in [5.74, 6) is 0.902. The van der Waals surface area contributed by atoms with Crippen LogP contribution in [0.1, 0.15) is 40.2 Å². The van der Waals surface area contributed by atoms with Gasteiger partial charge in [-0.05, 0) is 25.3 Å². The van der Waals surface area contributed by atoms with Crippen LogP contribution in [0.3, 0.4) is 0 Å². The lowest BCUT2D eigenvalue weighted by Crippen LogP contribution is -2.43. The highest BCUT2D eigenvalue weighted by atomic mass is 16.2. The molecule has 0 N–H and O–H groups in total. The summed E-state index contributed by atoms with van der Waals surface area (Å²) in [7, 11) is 3.52. The van der Waals surface area contributed by atoms with Gasteiger partial charge in [-0.25, -0.2) is 4.98 Å². The quantitative estimate of drug-likeness (QED) is 0.619. The van der Waals surface area contributed by atoms with Crippen LogP contribution in [0.25, 0.3) is 11.4 Å². The van der Waals surface area contributed by atoms with Crippen molar-refractivity contribution in [1.29, 1.82) is 0 Å². The van der Waals surface area contributed by atoms with Gasteiger partial charge in [0.15, 0.2) is 0 Å². The number of fused-ring (bicyclic) bond motifs is 3. The number of hydrogen-bond acceptors (Lipinski definition) is 3. The third kappa shape index (κ3) is 3.94. The monoisotopic (exact) mass is 442 g/mol. The van der Waals surface area contributed by atoms with E-state index in [1.54, 1.807) is 19.0 Å². The molecule has 6 nitrogen and oxygen atoms in total. The minimum atomic E-state index is -0.0867. The Balaban J connectivity index is 1.51. The van der Waals surface area contributed by atoms with Crippen molar-refractivity contribution in [3.63, 3.8) is 0 Å². The van der Waals surface area contributed by atoms with Crippen LogP contribution in [0.5, 0.6) is 0 Å². The second-order valence-corrected chi connectivity index (χ2v) is 9.46. The van der Waals surface area contributed by atoms with E-state index < -0.39 is 0 Å². The van der Waals surface area contributed by atoms with Crippen molar-refractivity contribution >= 4 is 11.8 Å². The lowest BCUT2D eigenvalue weighted by atomic mass is 10.0. The molecule has 2 aliphatic heterocycles. The normalized spacial score (nSPS) is 19.2. The van der Waals surface area contributed by atoms with Crippen molar-refractivity contribution in [2.75, 3.05) is 14.1 Å². The number of nitrogens with zero attached hydrogens (tertiary/aromatic N) is 4. The molecule has 2 atom stereocenters. The van der Waals surface area contributed by atoms with Gasteiger partial charge in [0.1, 0.15) is 11.5 Å². The molecule has 6 heteroatoms. The summed E-state index contributed by atoms with van der Waals surface area (Å²) in [6, 6.07) is 18.4. The second-order valence-electron chi connectivity index (χ2n) is 9.46. The van der Waals surface area contributed by atoms with E-state index in [4.69, 9.17) is 4.98 Å². The fraction of sp³-hybridized carbons (Fsp3) is 0.370. The first-order valence-electron chi connectivity index (χ1n) is 11.7. The SMILES string of the molecule is Cc1cccc(CC(=O)N2[C@@H]3CC[C@H]2Cc2c(C(=O)N(C)C)nc(-c4ccccc4)n2C3)c1. The maximum Gasteiger partial charge on any atom is 0.273 e. The van der Waals surface area contributed by atoms with Gasteiger partial charge in [-0.15, -0.1) is 0 Å². The van der Waals surface area contributed by atoms with Crippen molar-refractivity contribution in [2.45, 2.75) is 51.2 Å². The number of aromatic nitrogens is 2. The minimum absolute atomic E-state index is 0.0867. The zero-order valence-electron chi connectivity index (χ0n) is 19.5. The summed E-state index contributed by atoms with van der Waals surface area (Å²) in [4.78, 5) is 35.0. The highest BCUT2D eigenvalue weighted by Gasteiger charge is 2.42. The molecule has 1 aromatic heterocycles. The molecular formula is C27H30N4O2. The van der Waals surface area contributed by atoms with Crippen LogP contribution < -0.4 is 0 Å². The van der Waals surface area contributed by atoms with Gasteiger partial charge in [0, 0.05) is 38.7 Å². The molecule has 0 radical (unpaired) electrons. The number of benzene rings is 2. The predicted octanol–water partition coefficient (Wildman–Crippen LogP) is 3.72. The fourth-order valence-electron chi connectivity index (χ4n) is 5.35. The molecule has 33 heavy (non-hydrogen) atoms. The molecular weight excluding hydrogens is 412 g/mol. The van der Waals surface area contributed by atoms with Crippen LogP contribution in [-0.2, 0) is 24.2 Å². The Labute approximate surface area is 194 Å². The summed E-state index contributed by atoms with van der Waals surface area (Å²) in [5, 5.41) is 0. The van der Waals surface area contributed by atoms with E-state index >= 15 is 0 Å². The first-order chi connectivity index (χ1) is 15.9. The van der Waals surface area contributed by atoms with Gasteiger partial charge in [-0.1, -0.05) is 60.2 Å². The van der Waals surface area contributed by atoms with Gasteiger partial charge in [0.05, 0.1) is 18.2 Å². The number of carbonyl (C=O) groups is 2. The number of imidazole rings is 1. The highest BCUT2D eigenvalue weighted by Crippen LogP contribution is 2.36. The summed E-state index contributed by atoms with van der Waals surface area (Å²) >= 11 is 0. The lowest BCUT2D eigenvalue weighted by molar-refractivity contribution is -0.133. The molecule has 2 aliphatic rings. The standard InChI is InChI=1S/C27H30N4O2/c1-18-8-7-9-19(14-18)15-24(32)31-21-12-13-22(31)17-30-23(16-21)25(27(33)29(2)3)28-26(30)20-10-5-4-6-11-20/h4-11,14,21-22H,12-13,15-17H2,1-3H3/t21-,22+/m0/s1. The summed E-state index contributed by atoms with van der Waals surface area (Å²) in [5.41, 5.74) is 4.68. The zero-order valence-corrected chi connectivity index (χ0v) is 19.5. The lowest BCUT2D eigenvalue weighted by Gasteiger charge is -2.28. The molecule has 0 saturated carbocycles. The Morgan fingerprint density at radius 1 is 1.03 bits per heavy atom. The molecule has 0 unspecified atom stereocenters. The molecule has 2 aromatic carbocycles. The summed E-state index contributed by atoms with van der Waals surface area (Å²) in [6.07, 6.45) is 3.01. The predicted molar refractivity (Wildman–Crippen MR) is 128 cm³/mol. The van der Waals surface area contributed by atoms with E-state index in [1.807, 2.05) is 42.5 Å². The number of rotatable bonds is 4. The van der Waals surface area contributed by atoms with E-state index in [0.717, 1.165) is 35.5 Å². The average Bonchev–Trinajstić information content (AvgIpc) is 3.29. The molecule has 0 aliphatic carbocycles. The maximum absolute atomic E-state index is 13.5. The Kier molecular flexibility index (Phi) is 5.52. The van der Waals surface area contributed by atoms with E-state index in [0.29, 0.717) is 25.1 Å². The van der Waals surface area contributed by atoms with Gasteiger partial charge >= 0.3 is 0 Å². The van der Waals surface area contributed by atoms with Crippen LogP contribution in [0.2, 0.25) is 0 Å². The van der Waals surface area contributed by atoms with Crippen LogP contribution in [0.15, 0.2) is 54.6 Å². The molecule has 1 fully saturated rings. The van der Waals surface area contributed by atoms with Crippen molar-refractivity contribution in [1.82, 2.24) is 19.4 Å². The summed E-state index contributed by atoms with van der Waals surface area (Å²) < 4.78 is 2.20. The molecule has 2 amide bonds. The average molecular weight is 443 g/mol. The van der Waals surface area contributed by atoms with E-state index in [9.17, 15) is 9.59 Å². The molecule has 170 valence electrons. The first-order valence-corrected chi connectivity index (χ1v) is 11.7. The van der Waals surface area contributed by atoms with Crippen molar-refractivity contribution in [3.8, 4) is 11.4 Å². The third-order valence-electron chi connectivity index (χ3n) is 6.88. The Morgan fingerprint density at radius 3 is 2.52 bits per heavy atom. The van der Waals surface area contributed by atoms with E-state index in [1.165, 1.54) is 5.56 Å². The largest absolute Gasteiger partial charge is 0.343 e. The topological polar surface area (TPSA) is 58.4 Å². The first kappa shape index (κ1) is 21.4. The van der Waals surface area contributed by atoms with E-state index in [-0.39, 0.29) is 23.9 Å². The zero-order chi connectivity index (χ0) is 23.1. The fourth-order valence-corrected chi connectivity index (χ4v) is 5.35. The van der Waals surface area contributed by atoms with Crippen molar-refractivity contribution in [3.05, 3.63) is 77.1 Å². The van der Waals surface area contributed by atoms with Gasteiger partial charge in [0.25, 0.3) is 5.91 Å². The third-order valence-corrected chi connectivity index (χ3v) is 6.88. The van der Waals surface area contributed by atoms with Crippen LogP contribution in [0.4, 0.5) is 0 Å². The molecule has 5 rings (SSSR count). The van der Waals surface area contributed by atoms with Crippen LogP contribution >= 0.6 is 0 Å². The molecule has 2 bridgehead atoms. The maximum atomic E-state index is 13.5. The number of amides is 2. The van der Waals surface area contributed by atoms with Crippen LogP contribution in [0, 0.1) is 6.92 Å². The summed E-state index contributed by atoms with van der Waals surface area (Å²) in [6.45, 7) is 2.72. The molecule has 3 aromatic rings. The highest BCUT2D eigenvalue weighted by molar-refractivity contribution is 5.94. The molecule has 1 saturated heterocycles. The molecule has 3 heterocycles. The van der Waals surface area contributed by atoms with Gasteiger partial charge in [0.2, 0.25) is 5.91 Å². The Hall–Kier alpha value is -3.41. The smallest absolute Gasteiger partial charge is 0.273 e. The minimum Gasteiger partial charge on any atom is -0.343 e. The number of carbonyl (C=O) groups excluding carboxylic acids is 2.